The molecule has 0 bridgehead atoms. The number of aromatic nitrogens is 2. The molecule has 0 aliphatic carbocycles. The Bertz CT molecular complexity index is 1000. The summed E-state index contributed by atoms with van der Waals surface area (Å²) in [7, 11) is 1.67. The van der Waals surface area contributed by atoms with Crippen LogP contribution in [0.1, 0.15) is 42.5 Å². The van der Waals surface area contributed by atoms with Crippen molar-refractivity contribution in [1.29, 1.82) is 0 Å². The lowest BCUT2D eigenvalue weighted by atomic mass is 10.0. The molecule has 1 atom stereocenters. The average molecular weight is 391 g/mol. The number of fused-ring (bicyclic) bond motifs is 1. The predicted octanol–water partition coefficient (Wildman–Crippen LogP) is 4.24. The lowest BCUT2D eigenvalue weighted by Gasteiger charge is -2.10. The van der Waals surface area contributed by atoms with E-state index < -0.39 is 0 Å². The minimum absolute atomic E-state index is 0.111. The van der Waals surface area contributed by atoms with Crippen LogP contribution in [0.2, 0.25) is 0 Å². The molecule has 2 heterocycles. The van der Waals surface area contributed by atoms with Gasteiger partial charge in [-0.15, -0.1) is 0 Å². The Balaban J connectivity index is 1.65. The Morgan fingerprint density at radius 1 is 1.10 bits per heavy atom. The molecule has 4 rings (SSSR count). The number of nitrogens with zero attached hydrogens (tertiary/aromatic N) is 2. The molecule has 3 aromatic rings. The lowest BCUT2D eigenvalue weighted by molar-refractivity contribution is -0.710. The van der Waals surface area contributed by atoms with Crippen LogP contribution in [-0.4, -0.2) is 24.1 Å². The third-order valence-corrected chi connectivity index (χ3v) is 5.58. The molecular formula is C24H27N2O3+. The van der Waals surface area contributed by atoms with Crippen LogP contribution in [-0.2, 0) is 13.0 Å². The predicted molar refractivity (Wildman–Crippen MR) is 112 cm³/mol. The second-order valence-electron chi connectivity index (χ2n) is 7.32. The number of carbonyl (C=O) groups is 1. The summed E-state index contributed by atoms with van der Waals surface area (Å²) in [5, 5.41) is 0. The summed E-state index contributed by atoms with van der Waals surface area (Å²) in [6.07, 6.45) is 4.20. The van der Waals surface area contributed by atoms with E-state index in [0.29, 0.717) is 12.2 Å². The number of benzene rings is 2. The van der Waals surface area contributed by atoms with Crippen LogP contribution in [0.25, 0.3) is 11.3 Å². The molecule has 0 radical (unpaired) electrons. The van der Waals surface area contributed by atoms with Gasteiger partial charge in [0, 0.05) is 11.1 Å². The zero-order valence-electron chi connectivity index (χ0n) is 17.2. The maximum absolute atomic E-state index is 13.2. The summed E-state index contributed by atoms with van der Waals surface area (Å²) < 4.78 is 15.2. The third kappa shape index (κ3) is 3.65. The van der Waals surface area contributed by atoms with Crippen LogP contribution >= 0.6 is 0 Å². The van der Waals surface area contributed by atoms with Crippen LogP contribution < -0.4 is 14.0 Å². The third-order valence-electron chi connectivity index (χ3n) is 5.58. The van der Waals surface area contributed by atoms with Crippen molar-refractivity contribution in [3.05, 3.63) is 66.1 Å². The van der Waals surface area contributed by atoms with E-state index in [-0.39, 0.29) is 11.8 Å². The quantitative estimate of drug-likeness (QED) is 0.447. The number of ether oxygens (including phenoxy) is 2. The molecule has 1 aromatic heterocycles. The van der Waals surface area contributed by atoms with Crippen LogP contribution in [0, 0.1) is 0 Å². The van der Waals surface area contributed by atoms with Gasteiger partial charge in [0.2, 0.25) is 5.78 Å². The first-order valence-electron chi connectivity index (χ1n) is 10.2. The maximum atomic E-state index is 13.2. The summed E-state index contributed by atoms with van der Waals surface area (Å²) in [6.45, 7) is 5.53. The van der Waals surface area contributed by atoms with E-state index in [1.165, 1.54) is 5.82 Å². The van der Waals surface area contributed by atoms with Crippen molar-refractivity contribution in [3.63, 3.8) is 0 Å². The van der Waals surface area contributed by atoms with E-state index >= 15 is 0 Å². The van der Waals surface area contributed by atoms with Crippen LogP contribution in [0.3, 0.4) is 0 Å². The van der Waals surface area contributed by atoms with Gasteiger partial charge in [0.25, 0.3) is 5.82 Å². The Labute approximate surface area is 171 Å². The maximum Gasteiger partial charge on any atom is 0.257 e. The number of hydrogen-bond donors (Lipinski definition) is 0. The highest BCUT2D eigenvalue weighted by Gasteiger charge is 2.33. The van der Waals surface area contributed by atoms with Crippen LogP contribution in [0.15, 0.2) is 54.7 Å². The van der Waals surface area contributed by atoms with Crippen LogP contribution in [0.4, 0.5) is 0 Å². The number of rotatable bonds is 7. The van der Waals surface area contributed by atoms with Crippen molar-refractivity contribution in [2.24, 2.45) is 0 Å². The Morgan fingerprint density at radius 2 is 1.79 bits per heavy atom. The fourth-order valence-electron chi connectivity index (χ4n) is 4.04. The number of ketones is 1. The van der Waals surface area contributed by atoms with Crippen molar-refractivity contribution in [3.8, 4) is 22.8 Å². The van der Waals surface area contributed by atoms with Gasteiger partial charge in [-0.05, 0) is 68.8 Å². The van der Waals surface area contributed by atoms with Gasteiger partial charge in [-0.2, -0.15) is 0 Å². The molecule has 0 saturated carbocycles. The number of carbonyl (C=O) groups excluding carboxylic acids is 1. The van der Waals surface area contributed by atoms with Crippen molar-refractivity contribution >= 4 is 5.78 Å². The van der Waals surface area contributed by atoms with E-state index in [2.05, 4.69) is 27.5 Å². The fourth-order valence-corrected chi connectivity index (χ4v) is 4.04. The minimum atomic E-state index is -0.265. The topological polar surface area (TPSA) is 44.3 Å². The van der Waals surface area contributed by atoms with Gasteiger partial charge in [-0.3, -0.25) is 4.79 Å². The summed E-state index contributed by atoms with van der Waals surface area (Å²) in [5.41, 5.74) is 2.98. The van der Waals surface area contributed by atoms with E-state index in [9.17, 15) is 4.79 Å². The van der Waals surface area contributed by atoms with Gasteiger partial charge in [0.05, 0.1) is 26.7 Å². The summed E-state index contributed by atoms with van der Waals surface area (Å²) in [5.74, 6) is 2.95. The number of imidazole rings is 1. The van der Waals surface area contributed by atoms with Gasteiger partial charge in [0.1, 0.15) is 17.7 Å². The molecule has 5 nitrogen and oxygen atoms in total. The van der Waals surface area contributed by atoms with Gasteiger partial charge in [0.15, 0.2) is 11.7 Å². The molecule has 29 heavy (non-hydrogen) atoms. The largest absolute Gasteiger partial charge is 0.497 e. The highest BCUT2D eigenvalue weighted by Crippen LogP contribution is 2.28. The second-order valence-corrected chi connectivity index (χ2v) is 7.32. The standard InChI is InChI=1S/C24H27N2O3/c1-4-29-21-13-9-19(10-14-21)24(27)17(2)26-16-22(25-15-5-6-23(25)26)18-7-11-20(28-3)12-8-18/h7-14,16-17H,4-6,15H2,1-3H3/q+1/t17-/m0/s1. The van der Waals surface area contributed by atoms with E-state index in [4.69, 9.17) is 9.47 Å². The van der Waals surface area contributed by atoms with Gasteiger partial charge < -0.3 is 9.47 Å². The summed E-state index contributed by atoms with van der Waals surface area (Å²) in [4.78, 5) is 13.2. The molecule has 5 heteroatoms. The van der Waals surface area contributed by atoms with Gasteiger partial charge in [-0.25, -0.2) is 9.13 Å². The Hall–Kier alpha value is -3.08. The summed E-state index contributed by atoms with van der Waals surface area (Å²) in [6, 6.07) is 15.3. The van der Waals surface area contributed by atoms with E-state index in [1.807, 2.05) is 50.2 Å². The van der Waals surface area contributed by atoms with Crippen LogP contribution in [0.5, 0.6) is 11.5 Å². The smallest absolute Gasteiger partial charge is 0.257 e. The zero-order chi connectivity index (χ0) is 20.4. The molecule has 150 valence electrons. The van der Waals surface area contributed by atoms with Crippen molar-refractivity contribution < 1.29 is 18.8 Å². The molecule has 0 unspecified atom stereocenters. The van der Waals surface area contributed by atoms with Gasteiger partial charge in [-0.1, -0.05) is 0 Å². The van der Waals surface area contributed by atoms with Crippen molar-refractivity contribution in [2.45, 2.75) is 39.3 Å². The highest BCUT2D eigenvalue weighted by atomic mass is 16.5. The molecule has 1 aliphatic heterocycles. The molecule has 1 aliphatic rings. The molecule has 0 spiro atoms. The van der Waals surface area contributed by atoms with Gasteiger partial charge >= 0.3 is 0 Å². The molecule has 0 saturated heterocycles. The normalized spacial score (nSPS) is 13.8. The number of methoxy groups -OCH3 is 1. The number of Topliss-reactive ketones (excluding diaryl/α,β-unsaturated/α-hetero) is 1. The Kier molecular flexibility index (Phi) is 5.38. The molecule has 0 N–H and O–H groups in total. The molecular weight excluding hydrogens is 364 g/mol. The fraction of sp³-hybridized carbons (Fsp3) is 0.333. The Morgan fingerprint density at radius 3 is 2.45 bits per heavy atom. The average Bonchev–Trinajstić information content (AvgIpc) is 3.36. The SMILES string of the molecule is CCOc1ccc(C(=O)[C@H](C)[n+]2cc(-c3ccc(OC)cc3)n3c2CCC3)cc1. The minimum Gasteiger partial charge on any atom is -0.497 e. The zero-order valence-corrected chi connectivity index (χ0v) is 17.2. The number of hydrogen-bond acceptors (Lipinski definition) is 3. The lowest BCUT2D eigenvalue weighted by Crippen LogP contribution is -2.44. The molecule has 0 amide bonds. The summed E-state index contributed by atoms with van der Waals surface area (Å²) >= 11 is 0. The highest BCUT2D eigenvalue weighted by molar-refractivity contribution is 5.97. The monoisotopic (exact) mass is 391 g/mol. The molecule has 0 fully saturated rings. The van der Waals surface area contributed by atoms with Crippen molar-refractivity contribution in [1.82, 2.24) is 4.57 Å². The first-order chi connectivity index (χ1) is 14.1. The first kappa shape index (κ1) is 19.2. The first-order valence-corrected chi connectivity index (χ1v) is 10.2. The van der Waals surface area contributed by atoms with E-state index in [1.54, 1.807) is 7.11 Å². The second kappa shape index (κ2) is 8.11. The van der Waals surface area contributed by atoms with E-state index in [0.717, 1.165) is 42.1 Å². The molecule has 2 aromatic carbocycles. The van der Waals surface area contributed by atoms with Crippen molar-refractivity contribution in [2.75, 3.05) is 13.7 Å².